The Labute approximate surface area is 199 Å². The molecule has 0 spiro atoms. The van der Waals surface area contributed by atoms with Gasteiger partial charge in [-0.25, -0.2) is 4.79 Å². The zero-order valence-electron chi connectivity index (χ0n) is 19.5. The Morgan fingerprint density at radius 1 is 1.06 bits per heavy atom. The SMILES string of the molecule is CN(C)CC1(NC(=O)C(CC(=O)O)NC(=O)OCC2c3ccccc3-c3ccccc32)CCC1. The summed E-state index contributed by atoms with van der Waals surface area (Å²) in [6.07, 6.45) is 1.31. The quantitative estimate of drug-likeness (QED) is 0.526. The van der Waals surface area contributed by atoms with Crippen molar-refractivity contribution in [3.8, 4) is 11.1 Å². The second kappa shape index (κ2) is 9.85. The van der Waals surface area contributed by atoms with Crippen LogP contribution in [0.15, 0.2) is 48.5 Å². The molecule has 0 aliphatic heterocycles. The monoisotopic (exact) mass is 465 g/mol. The Morgan fingerprint density at radius 3 is 2.15 bits per heavy atom. The van der Waals surface area contributed by atoms with Gasteiger partial charge >= 0.3 is 12.1 Å². The van der Waals surface area contributed by atoms with Gasteiger partial charge in [-0.1, -0.05) is 48.5 Å². The first-order chi connectivity index (χ1) is 16.3. The number of hydrogen-bond donors (Lipinski definition) is 3. The van der Waals surface area contributed by atoms with Crippen molar-refractivity contribution in [3.63, 3.8) is 0 Å². The number of benzene rings is 2. The van der Waals surface area contributed by atoms with Crippen LogP contribution in [0.5, 0.6) is 0 Å². The molecular weight excluding hydrogens is 434 g/mol. The first-order valence-corrected chi connectivity index (χ1v) is 11.6. The topological polar surface area (TPSA) is 108 Å². The number of alkyl carbamates (subject to hydrolysis) is 1. The third-order valence-corrected chi connectivity index (χ3v) is 6.65. The summed E-state index contributed by atoms with van der Waals surface area (Å²) >= 11 is 0. The van der Waals surface area contributed by atoms with Crippen molar-refractivity contribution < 1.29 is 24.2 Å². The summed E-state index contributed by atoms with van der Waals surface area (Å²) < 4.78 is 5.51. The third kappa shape index (κ3) is 5.07. The van der Waals surface area contributed by atoms with Crippen molar-refractivity contribution in [2.75, 3.05) is 27.2 Å². The summed E-state index contributed by atoms with van der Waals surface area (Å²) in [5.41, 5.74) is 3.99. The number of nitrogens with one attached hydrogen (secondary N) is 2. The van der Waals surface area contributed by atoms with E-state index in [-0.39, 0.29) is 18.1 Å². The zero-order chi connectivity index (χ0) is 24.3. The van der Waals surface area contributed by atoms with Gasteiger partial charge in [0.2, 0.25) is 5.91 Å². The average Bonchev–Trinajstić information content (AvgIpc) is 3.09. The predicted molar refractivity (Wildman–Crippen MR) is 128 cm³/mol. The van der Waals surface area contributed by atoms with E-state index in [2.05, 4.69) is 10.6 Å². The van der Waals surface area contributed by atoms with Gasteiger partial charge in [0.05, 0.1) is 12.0 Å². The molecule has 34 heavy (non-hydrogen) atoms. The fraction of sp³-hybridized carbons (Fsp3) is 0.423. The van der Waals surface area contributed by atoms with Crippen LogP contribution in [-0.4, -0.2) is 66.8 Å². The van der Waals surface area contributed by atoms with Crippen LogP contribution in [0, 0.1) is 0 Å². The Bertz CT molecular complexity index is 1030. The molecule has 4 rings (SSSR count). The molecule has 0 saturated heterocycles. The number of ether oxygens (including phenoxy) is 1. The van der Waals surface area contributed by atoms with Crippen LogP contribution >= 0.6 is 0 Å². The molecule has 0 radical (unpaired) electrons. The second-order valence-corrected chi connectivity index (χ2v) is 9.48. The maximum atomic E-state index is 12.9. The maximum Gasteiger partial charge on any atom is 0.407 e. The molecule has 2 aromatic rings. The number of aliphatic carboxylic acids is 1. The summed E-state index contributed by atoms with van der Waals surface area (Å²) in [6.45, 7) is 0.745. The Morgan fingerprint density at radius 2 is 1.65 bits per heavy atom. The Kier molecular flexibility index (Phi) is 6.88. The molecule has 2 aliphatic rings. The molecule has 2 aromatic carbocycles. The van der Waals surface area contributed by atoms with Crippen LogP contribution in [0.1, 0.15) is 42.7 Å². The second-order valence-electron chi connectivity index (χ2n) is 9.48. The molecule has 0 heterocycles. The standard InChI is InChI=1S/C26H31N3O5/c1-29(2)16-26(12-7-13-26)28-24(32)22(14-23(30)31)27-25(33)34-15-21-19-10-5-3-8-17(19)18-9-4-6-11-20(18)21/h3-6,8-11,21-22H,7,12-16H2,1-2H3,(H,27,33)(H,28,32)(H,30,31). The number of fused-ring (bicyclic) bond motifs is 3. The maximum absolute atomic E-state index is 12.9. The summed E-state index contributed by atoms with van der Waals surface area (Å²) in [5.74, 6) is -1.80. The smallest absolute Gasteiger partial charge is 0.407 e. The van der Waals surface area contributed by atoms with Crippen molar-refractivity contribution >= 4 is 18.0 Å². The molecule has 0 bridgehead atoms. The predicted octanol–water partition coefficient (Wildman–Crippen LogP) is 2.97. The van der Waals surface area contributed by atoms with E-state index in [1.165, 1.54) is 0 Å². The normalized spacial score (nSPS) is 16.7. The van der Waals surface area contributed by atoms with Crippen molar-refractivity contribution in [2.45, 2.75) is 43.2 Å². The van der Waals surface area contributed by atoms with Gasteiger partial charge in [-0.15, -0.1) is 0 Å². The molecule has 3 N–H and O–H groups in total. The number of carboxylic acids is 1. The number of hydrogen-bond acceptors (Lipinski definition) is 5. The van der Waals surface area contributed by atoms with Crippen LogP contribution in [0.4, 0.5) is 4.79 Å². The molecule has 8 heteroatoms. The third-order valence-electron chi connectivity index (χ3n) is 6.65. The zero-order valence-corrected chi connectivity index (χ0v) is 19.5. The number of carbonyl (C=O) groups excluding carboxylic acids is 2. The summed E-state index contributed by atoms with van der Waals surface area (Å²) in [5, 5.41) is 14.8. The van der Waals surface area contributed by atoms with Gasteiger partial charge < -0.3 is 25.4 Å². The van der Waals surface area contributed by atoms with Crippen molar-refractivity contribution in [1.29, 1.82) is 0 Å². The van der Waals surface area contributed by atoms with Gasteiger partial charge in [-0.05, 0) is 55.6 Å². The molecule has 2 aliphatic carbocycles. The van der Waals surface area contributed by atoms with E-state index in [0.29, 0.717) is 6.54 Å². The highest BCUT2D eigenvalue weighted by atomic mass is 16.5. The van der Waals surface area contributed by atoms with Crippen molar-refractivity contribution in [2.24, 2.45) is 0 Å². The molecule has 2 amide bonds. The van der Waals surface area contributed by atoms with E-state index in [4.69, 9.17) is 4.74 Å². The number of amides is 2. The minimum absolute atomic E-state index is 0.0891. The van der Waals surface area contributed by atoms with Crippen LogP contribution in [0.25, 0.3) is 11.1 Å². The molecular formula is C26H31N3O5. The minimum atomic E-state index is -1.22. The molecule has 0 aromatic heterocycles. The highest BCUT2D eigenvalue weighted by Crippen LogP contribution is 2.44. The lowest BCUT2D eigenvalue weighted by molar-refractivity contribution is -0.140. The summed E-state index contributed by atoms with van der Waals surface area (Å²) in [4.78, 5) is 38.9. The molecule has 1 unspecified atom stereocenters. The lowest BCUT2D eigenvalue weighted by atomic mass is 9.76. The molecule has 1 fully saturated rings. The molecule has 1 saturated carbocycles. The Hall–Kier alpha value is -3.39. The van der Waals surface area contributed by atoms with Gasteiger partial charge in [0.1, 0.15) is 12.6 Å². The molecule has 8 nitrogen and oxygen atoms in total. The number of carboxylic acid groups (broad SMARTS) is 1. The van der Waals surface area contributed by atoms with Crippen LogP contribution < -0.4 is 10.6 Å². The number of likely N-dealkylation sites (N-methyl/N-ethyl adjacent to an activating group) is 1. The fourth-order valence-corrected chi connectivity index (χ4v) is 5.05. The van der Waals surface area contributed by atoms with E-state index in [0.717, 1.165) is 41.5 Å². The van der Waals surface area contributed by atoms with E-state index in [1.54, 1.807) is 0 Å². The van der Waals surface area contributed by atoms with Gasteiger partial charge in [-0.3, -0.25) is 9.59 Å². The number of nitrogens with zero attached hydrogens (tertiary/aromatic N) is 1. The Balaban J connectivity index is 1.41. The lowest BCUT2D eigenvalue weighted by Gasteiger charge is -2.45. The van der Waals surface area contributed by atoms with E-state index < -0.39 is 30.4 Å². The highest BCUT2D eigenvalue weighted by molar-refractivity contribution is 5.89. The van der Waals surface area contributed by atoms with Crippen LogP contribution in [-0.2, 0) is 14.3 Å². The first kappa shape index (κ1) is 23.8. The number of carbonyl (C=O) groups is 3. The van der Waals surface area contributed by atoms with Gasteiger partial charge in [0.15, 0.2) is 0 Å². The van der Waals surface area contributed by atoms with Crippen molar-refractivity contribution in [1.82, 2.24) is 15.5 Å². The van der Waals surface area contributed by atoms with E-state index in [1.807, 2.05) is 67.5 Å². The fourth-order valence-electron chi connectivity index (χ4n) is 5.05. The first-order valence-electron chi connectivity index (χ1n) is 11.6. The van der Waals surface area contributed by atoms with Gasteiger partial charge in [-0.2, -0.15) is 0 Å². The number of rotatable bonds is 9. The van der Waals surface area contributed by atoms with Gasteiger partial charge in [0.25, 0.3) is 0 Å². The summed E-state index contributed by atoms with van der Waals surface area (Å²) in [7, 11) is 3.85. The average molecular weight is 466 g/mol. The van der Waals surface area contributed by atoms with Crippen LogP contribution in [0.3, 0.4) is 0 Å². The largest absolute Gasteiger partial charge is 0.481 e. The van der Waals surface area contributed by atoms with Gasteiger partial charge in [0, 0.05) is 12.5 Å². The molecule has 180 valence electrons. The highest BCUT2D eigenvalue weighted by Gasteiger charge is 2.40. The van der Waals surface area contributed by atoms with Crippen molar-refractivity contribution in [3.05, 3.63) is 59.7 Å². The lowest BCUT2D eigenvalue weighted by Crippen LogP contribution is -2.62. The molecule has 1 atom stereocenters. The van der Waals surface area contributed by atoms with E-state index >= 15 is 0 Å². The van der Waals surface area contributed by atoms with E-state index in [9.17, 15) is 19.5 Å². The van der Waals surface area contributed by atoms with Crippen LogP contribution in [0.2, 0.25) is 0 Å². The summed E-state index contributed by atoms with van der Waals surface area (Å²) in [6, 6.07) is 14.8. The minimum Gasteiger partial charge on any atom is -0.481 e.